The van der Waals surface area contributed by atoms with Gasteiger partial charge in [0.05, 0.1) is 23.7 Å². The van der Waals surface area contributed by atoms with E-state index in [1.165, 1.54) is 18.2 Å². The fraction of sp³-hybridized carbons (Fsp3) is 0.235. The number of nitro groups is 1. The van der Waals surface area contributed by atoms with Gasteiger partial charge in [0.25, 0.3) is 11.6 Å². The predicted octanol–water partition coefficient (Wildman–Crippen LogP) is 3.15. The summed E-state index contributed by atoms with van der Waals surface area (Å²) in [6.07, 6.45) is 0. The molecule has 1 saturated heterocycles. The molecular weight excluding hydrogens is 406 g/mol. The van der Waals surface area contributed by atoms with Gasteiger partial charge in [0.2, 0.25) is 0 Å². The molecule has 1 amide bonds. The van der Waals surface area contributed by atoms with Gasteiger partial charge in [0.15, 0.2) is 0 Å². The zero-order chi connectivity index (χ0) is 18.7. The van der Waals surface area contributed by atoms with E-state index >= 15 is 0 Å². The number of nitrogens with one attached hydrogen (secondary N) is 1. The normalized spacial score (nSPS) is 14.1. The van der Waals surface area contributed by atoms with Gasteiger partial charge >= 0.3 is 0 Å². The van der Waals surface area contributed by atoms with E-state index in [0.717, 1.165) is 5.69 Å². The summed E-state index contributed by atoms with van der Waals surface area (Å²) in [6, 6.07) is 8.99. The SMILES string of the molecule is O=C(Nc1cc(N2CCOCC2)ccc1[N+](=O)[O-])c1cc(Br)ccc1O. The van der Waals surface area contributed by atoms with Gasteiger partial charge < -0.3 is 20.1 Å². The molecule has 1 aliphatic heterocycles. The summed E-state index contributed by atoms with van der Waals surface area (Å²) in [4.78, 5) is 25.3. The van der Waals surface area contributed by atoms with Crippen molar-refractivity contribution in [1.29, 1.82) is 0 Å². The number of morpholine rings is 1. The average Bonchev–Trinajstić information content (AvgIpc) is 2.64. The Hall–Kier alpha value is -2.65. The van der Waals surface area contributed by atoms with Crippen LogP contribution in [0.5, 0.6) is 5.75 Å². The molecule has 0 saturated carbocycles. The Morgan fingerprint density at radius 2 is 1.96 bits per heavy atom. The summed E-state index contributed by atoms with van der Waals surface area (Å²) in [5, 5.41) is 23.7. The van der Waals surface area contributed by atoms with Gasteiger partial charge in [-0.25, -0.2) is 0 Å². The summed E-state index contributed by atoms with van der Waals surface area (Å²) in [5.74, 6) is -0.844. The number of hydrogen-bond donors (Lipinski definition) is 2. The Morgan fingerprint density at radius 1 is 1.23 bits per heavy atom. The van der Waals surface area contributed by atoms with Crippen LogP contribution >= 0.6 is 15.9 Å². The van der Waals surface area contributed by atoms with Crippen LogP contribution in [-0.2, 0) is 4.74 Å². The Morgan fingerprint density at radius 3 is 2.65 bits per heavy atom. The fourth-order valence-corrected chi connectivity index (χ4v) is 3.04. The number of benzene rings is 2. The second kappa shape index (κ2) is 7.71. The molecule has 26 heavy (non-hydrogen) atoms. The number of hydrogen-bond acceptors (Lipinski definition) is 6. The van der Waals surface area contributed by atoms with Crippen molar-refractivity contribution in [2.75, 3.05) is 36.5 Å². The van der Waals surface area contributed by atoms with Crippen LogP contribution in [0.1, 0.15) is 10.4 Å². The molecule has 0 atom stereocenters. The number of nitrogens with zero attached hydrogens (tertiary/aromatic N) is 2. The molecule has 1 aliphatic rings. The lowest BCUT2D eigenvalue weighted by molar-refractivity contribution is -0.383. The summed E-state index contributed by atoms with van der Waals surface area (Å²) >= 11 is 3.23. The van der Waals surface area contributed by atoms with Crippen molar-refractivity contribution in [3.63, 3.8) is 0 Å². The molecule has 0 spiro atoms. The quantitative estimate of drug-likeness (QED) is 0.580. The highest BCUT2D eigenvalue weighted by molar-refractivity contribution is 9.10. The fourth-order valence-electron chi connectivity index (χ4n) is 2.68. The Bertz CT molecular complexity index is 852. The second-order valence-electron chi connectivity index (χ2n) is 5.67. The number of carbonyl (C=O) groups is 1. The second-order valence-corrected chi connectivity index (χ2v) is 6.59. The maximum absolute atomic E-state index is 12.5. The van der Waals surface area contributed by atoms with Crippen molar-refractivity contribution in [2.45, 2.75) is 0 Å². The lowest BCUT2D eigenvalue weighted by atomic mass is 10.1. The van der Waals surface area contributed by atoms with Crippen molar-refractivity contribution in [2.24, 2.45) is 0 Å². The number of rotatable bonds is 4. The van der Waals surface area contributed by atoms with Gasteiger partial charge in [0, 0.05) is 29.3 Å². The first kappa shape index (κ1) is 18.2. The average molecular weight is 422 g/mol. The Labute approximate surface area is 157 Å². The van der Waals surface area contributed by atoms with Gasteiger partial charge in [-0.1, -0.05) is 15.9 Å². The van der Waals surface area contributed by atoms with E-state index < -0.39 is 10.8 Å². The third-order valence-electron chi connectivity index (χ3n) is 4.00. The summed E-state index contributed by atoms with van der Waals surface area (Å²) in [7, 11) is 0. The number of anilines is 2. The molecule has 3 rings (SSSR count). The number of nitro benzene ring substituents is 1. The molecular formula is C17H16BrN3O5. The minimum atomic E-state index is -0.633. The molecule has 0 bridgehead atoms. The number of phenolic OH excluding ortho intramolecular Hbond substituents is 1. The molecule has 2 aromatic carbocycles. The maximum atomic E-state index is 12.5. The molecule has 0 radical (unpaired) electrons. The predicted molar refractivity (Wildman–Crippen MR) is 99.9 cm³/mol. The van der Waals surface area contributed by atoms with Crippen molar-refractivity contribution in [3.05, 3.63) is 56.5 Å². The molecule has 9 heteroatoms. The monoisotopic (exact) mass is 421 g/mol. The highest BCUT2D eigenvalue weighted by Crippen LogP contribution is 2.31. The van der Waals surface area contributed by atoms with Crippen LogP contribution in [0.4, 0.5) is 17.1 Å². The molecule has 0 unspecified atom stereocenters. The van der Waals surface area contributed by atoms with Crippen LogP contribution in [0.3, 0.4) is 0 Å². The third kappa shape index (κ3) is 3.94. The van der Waals surface area contributed by atoms with E-state index in [-0.39, 0.29) is 22.7 Å². The van der Waals surface area contributed by atoms with Crippen LogP contribution < -0.4 is 10.2 Å². The zero-order valence-corrected chi connectivity index (χ0v) is 15.2. The van der Waals surface area contributed by atoms with E-state index in [0.29, 0.717) is 30.8 Å². The molecule has 2 N–H and O–H groups in total. The number of carbonyl (C=O) groups excluding carboxylic acids is 1. The standard InChI is InChI=1S/C17H16BrN3O5/c18-11-1-4-16(22)13(9-11)17(23)19-14-10-12(2-3-15(14)21(24)25)20-5-7-26-8-6-20/h1-4,9-10,22H,5-8H2,(H,19,23). The van der Waals surface area contributed by atoms with E-state index in [9.17, 15) is 20.0 Å². The first-order valence-electron chi connectivity index (χ1n) is 7.86. The van der Waals surface area contributed by atoms with E-state index in [1.54, 1.807) is 18.2 Å². The molecule has 2 aromatic rings. The van der Waals surface area contributed by atoms with E-state index in [4.69, 9.17) is 4.74 Å². The largest absolute Gasteiger partial charge is 0.507 e. The number of phenols is 1. The molecule has 136 valence electrons. The van der Waals surface area contributed by atoms with Crippen LogP contribution in [0.25, 0.3) is 0 Å². The zero-order valence-electron chi connectivity index (χ0n) is 13.6. The summed E-state index contributed by atoms with van der Waals surface area (Å²) < 4.78 is 5.92. The molecule has 1 fully saturated rings. The number of aromatic hydroxyl groups is 1. The number of halogens is 1. The number of ether oxygens (including phenoxy) is 1. The van der Waals surface area contributed by atoms with Gasteiger partial charge in [-0.15, -0.1) is 0 Å². The third-order valence-corrected chi connectivity index (χ3v) is 4.50. The topological polar surface area (TPSA) is 105 Å². The molecule has 0 aliphatic carbocycles. The minimum absolute atomic E-state index is 0.0189. The highest BCUT2D eigenvalue weighted by atomic mass is 79.9. The summed E-state index contributed by atoms with van der Waals surface area (Å²) in [6.45, 7) is 2.48. The first-order chi connectivity index (χ1) is 12.5. The van der Waals surface area contributed by atoms with Crippen LogP contribution in [0.2, 0.25) is 0 Å². The summed E-state index contributed by atoms with van der Waals surface area (Å²) in [5.41, 5.74) is 0.631. The number of amides is 1. The highest BCUT2D eigenvalue weighted by Gasteiger charge is 2.21. The minimum Gasteiger partial charge on any atom is -0.507 e. The van der Waals surface area contributed by atoms with Gasteiger partial charge in [-0.2, -0.15) is 0 Å². The van der Waals surface area contributed by atoms with Crippen molar-refractivity contribution in [3.8, 4) is 5.75 Å². The van der Waals surface area contributed by atoms with Gasteiger partial charge in [0.1, 0.15) is 11.4 Å². The van der Waals surface area contributed by atoms with Crippen LogP contribution in [-0.4, -0.2) is 42.2 Å². The Kier molecular flexibility index (Phi) is 5.38. The molecule has 1 heterocycles. The van der Waals surface area contributed by atoms with Crippen molar-refractivity contribution < 1.29 is 19.6 Å². The smallest absolute Gasteiger partial charge is 0.292 e. The lowest BCUT2D eigenvalue weighted by Crippen LogP contribution is -2.36. The lowest BCUT2D eigenvalue weighted by Gasteiger charge is -2.29. The van der Waals surface area contributed by atoms with E-state index in [2.05, 4.69) is 21.2 Å². The molecule has 8 nitrogen and oxygen atoms in total. The first-order valence-corrected chi connectivity index (χ1v) is 8.66. The van der Waals surface area contributed by atoms with E-state index in [1.807, 2.05) is 4.90 Å². The Balaban J connectivity index is 1.92. The maximum Gasteiger partial charge on any atom is 0.292 e. The van der Waals surface area contributed by atoms with Crippen LogP contribution in [0, 0.1) is 10.1 Å². The van der Waals surface area contributed by atoms with Crippen molar-refractivity contribution in [1.82, 2.24) is 0 Å². The molecule has 0 aromatic heterocycles. The van der Waals surface area contributed by atoms with Gasteiger partial charge in [-0.3, -0.25) is 14.9 Å². The van der Waals surface area contributed by atoms with Crippen molar-refractivity contribution >= 4 is 38.9 Å². The van der Waals surface area contributed by atoms with Gasteiger partial charge in [-0.05, 0) is 30.3 Å². The van der Waals surface area contributed by atoms with Crippen LogP contribution in [0.15, 0.2) is 40.9 Å².